The number of fused-ring (bicyclic) bond motifs is 1. The van der Waals surface area contributed by atoms with Gasteiger partial charge in [0.05, 0.1) is 0 Å². The summed E-state index contributed by atoms with van der Waals surface area (Å²) in [6, 6.07) is 9.99. The Kier molecular flexibility index (Phi) is 3.30. The fraction of sp³-hybridized carbons (Fsp3) is 0.214. The fourth-order valence-electron chi connectivity index (χ4n) is 2.38. The Bertz CT molecular complexity index is 793. The van der Waals surface area contributed by atoms with E-state index in [9.17, 15) is 13.2 Å². The van der Waals surface area contributed by atoms with Crippen LogP contribution in [0.15, 0.2) is 45.9 Å². The molecule has 0 amide bonds. The van der Waals surface area contributed by atoms with Crippen molar-refractivity contribution in [3.05, 3.63) is 53.3 Å². The lowest BCUT2D eigenvalue weighted by molar-refractivity contribution is 0.0656. The molecule has 0 spiro atoms. The van der Waals surface area contributed by atoms with Crippen LogP contribution in [0.5, 0.6) is 0 Å². The van der Waals surface area contributed by atoms with E-state index in [1.165, 1.54) is 10.4 Å². The summed E-state index contributed by atoms with van der Waals surface area (Å²) in [6.45, 7) is 0.615. The molecule has 0 aliphatic carbocycles. The van der Waals surface area contributed by atoms with E-state index in [1.807, 2.05) is 24.3 Å². The monoisotopic (exact) mass is 307 g/mol. The molecule has 21 heavy (non-hydrogen) atoms. The summed E-state index contributed by atoms with van der Waals surface area (Å²) in [7, 11) is -3.81. The minimum Gasteiger partial charge on any atom is -0.475 e. The second kappa shape index (κ2) is 5.01. The van der Waals surface area contributed by atoms with Crippen molar-refractivity contribution in [3.63, 3.8) is 0 Å². The molecular weight excluding hydrogens is 294 g/mol. The third-order valence-electron chi connectivity index (χ3n) is 3.48. The zero-order valence-corrected chi connectivity index (χ0v) is 11.8. The van der Waals surface area contributed by atoms with Crippen LogP contribution >= 0.6 is 0 Å². The first-order valence-corrected chi connectivity index (χ1v) is 7.82. The van der Waals surface area contributed by atoms with E-state index >= 15 is 0 Å². The van der Waals surface area contributed by atoms with Crippen LogP contribution in [-0.4, -0.2) is 30.3 Å². The van der Waals surface area contributed by atoms with Crippen LogP contribution in [-0.2, 0) is 23.0 Å². The molecule has 7 heteroatoms. The van der Waals surface area contributed by atoms with Gasteiger partial charge in [-0.25, -0.2) is 13.2 Å². The van der Waals surface area contributed by atoms with Gasteiger partial charge in [-0.2, -0.15) is 4.31 Å². The molecule has 2 aromatic rings. The zero-order valence-electron chi connectivity index (χ0n) is 11.0. The van der Waals surface area contributed by atoms with Crippen LogP contribution in [0.25, 0.3) is 0 Å². The molecule has 1 aromatic heterocycles. The highest BCUT2D eigenvalue weighted by Crippen LogP contribution is 2.25. The Morgan fingerprint density at radius 2 is 1.86 bits per heavy atom. The van der Waals surface area contributed by atoms with E-state index in [2.05, 4.69) is 0 Å². The van der Waals surface area contributed by atoms with E-state index < -0.39 is 16.0 Å². The molecule has 0 saturated carbocycles. The summed E-state index contributed by atoms with van der Waals surface area (Å²) in [5.41, 5.74) is 2.09. The highest BCUT2D eigenvalue weighted by molar-refractivity contribution is 7.89. The van der Waals surface area contributed by atoms with Gasteiger partial charge in [-0.05, 0) is 29.7 Å². The van der Waals surface area contributed by atoms with Gasteiger partial charge < -0.3 is 9.52 Å². The van der Waals surface area contributed by atoms with Gasteiger partial charge in [0.15, 0.2) is 0 Å². The quantitative estimate of drug-likeness (QED) is 0.933. The zero-order chi connectivity index (χ0) is 15.0. The molecule has 0 fully saturated rings. The number of benzene rings is 1. The summed E-state index contributed by atoms with van der Waals surface area (Å²) in [5, 5.41) is 8.47. The predicted molar refractivity (Wildman–Crippen MR) is 73.4 cm³/mol. The van der Waals surface area contributed by atoms with Gasteiger partial charge in [-0.15, -0.1) is 0 Å². The van der Waals surface area contributed by atoms with Crippen LogP contribution in [0.1, 0.15) is 21.7 Å². The SMILES string of the molecule is O=C(O)c1ccc(S(=O)(=O)N2CCc3ccccc3C2)o1. The van der Waals surface area contributed by atoms with E-state index in [0.717, 1.165) is 17.2 Å². The number of sulfonamides is 1. The number of aromatic carboxylic acids is 1. The minimum absolute atomic E-state index is 0.265. The molecule has 2 heterocycles. The number of carboxylic acid groups (broad SMARTS) is 1. The first kappa shape index (κ1) is 13.8. The molecule has 0 radical (unpaired) electrons. The normalized spacial score (nSPS) is 15.6. The lowest BCUT2D eigenvalue weighted by Crippen LogP contribution is -2.35. The van der Waals surface area contributed by atoms with Gasteiger partial charge in [-0.3, -0.25) is 0 Å². The fourth-order valence-corrected chi connectivity index (χ4v) is 3.71. The third-order valence-corrected chi connectivity index (χ3v) is 5.20. The van der Waals surface area contributed by atoms with Crippen molar-refractivity contribution < 1.29 is 22.7 Å². The van der Waals surface area contributed by atoms with Crippen molar-refractivity contribution in [2.24, 2.45) is 0 Å². The number of carbonyl (C=O) groups is 1. The average Bonchev–Trinajstić information content (AvgIpc) is 2.97. The Labute approximate surface area is 121 Å². The maximum Gasteiger partial charge on any atom is 0.371 e. The van der Waals surface area contributed by atoms with Crippen molar-refractivity contribution in [1.29, 1.82) is 0 Å². The molecule has 110 valence electrons. The van der Waals surface area contributed by atoms with Crippen LogP contribution in [0.4, 0.5) is 0 Å². The Morgan fingerprint density at radius 1 is 1.14 bits per heavy atom. The lowest BCUT2D eigenvalue weighted by atomic mass is 10.0. The second-order valence-electron chi connectivity index (χ2n) is 4.78. The molecule has 1 N–H and O–H groups in total. The molecule has 1 aliphatic rings. The van der Waals surface area contributed by atoms with Crippen LogP contribution in [0, 0.1) is 0 Å². The van der Waals surface area contributed by atoms with Gasteiger partial charge in [0, 0.05) is 13.1 Å². The van der Waals surface area contributed by atoms with Gasteiger partial charge in [0.2, 0.25) is 10.9 Å². The highest BCUT2D eigenvalue weighted by Gasteiger charge is 2.31. The second-order valence-corrected chi connectivity index (χ2v) is 6.65. The molecule has 0 saturated heterocycles. The van der Waals surface area contributed by atoms with Crippen LogP contribution in [0.2, 0.25) is 0 Å². The summed E-state index contributed by atoms with van der Waals surface area (Å²) in [5.74, 6) is -1.67. The van der Waals surface area contributed by atoms with E-state index in [0.29, 0.717) is 13.0 Å². The Morgan fingerprint density at radius 3 is 2.52 bits per heavy atom. The lowest BCUT2D eigenvalue weighted by Gasteiger charge is -2.27. The largest absolute Gasteiger partial charge is 0.475 e. The topological polar surface area (TPSA) is 87.8 Å². The molecule has 3 rings (SSSR count). The van der Waals surface area contributed by atoms with E-state index in [4.69, 9.17) is 9.52 Å². The molecule has 0 bridgehead atoms. The molecule has 1 aromatic carbocycles. The number of hydrogen-bond acceptors (Lipinski definition) is 4. The minimum atomic E-state index is -3.81. The predicted octanol–water partition coefficient (Wildman–Crippen LogP) is 1.72. The summed E-state index contributed by atoms with van der Waals surface area (Å²) in [4.78, 5) is 10.8. The number of hydrogen-bond donors (Lipinski definition) is 1. The highest BCUT2D eigenvalue weighted by atomic mass is 32.2. The van der Waals surface area contributed by atoms with E-state index in [-0.39, 0.29) is 17.4 Å². The van der Waals surface area contributed by atoms with Crippen molar-refractivity contribution >= 4 is 16.0 Å². The number of furan rings is 1. The van der Waals surface area contributed by atoms with Gasteiger partial charge >= 0.3 is 5.97 Å². The smallest absolute Gasteiger partial charge is 0.371 e. The molecule has 0 unspecified atom stereocenters. The summed E-state index contributed by atoms with van der Waals surface area (Å²) >= 11 is 0. The standard InChI is InChI=1S/C14H13NO5S/c16-14(17)12-5-6-13(20-12)21(18,19)15-8-7-10-3-1-2-4-11(10)9-15/h1-6H,7-9H2,(H,16,17). The van der Waals surface area contributed by atoms with E-state index in [1.54, 1.807) is 0 Å². The van der Waals surface area contributed by atoms with Crippen LogP contribution < -0.4 is 0 Å². The third kappa shape index (κ3) is 2.45. The van der Waals surface area contributed by atoms with Crippen molar-refractivity contribution in [2.75, 3.05) is 6.54 Å². The molecule has 0 atom stereocenters. The van der Waals surface area contributed by atoms with Crippen molar-refractivity contribution in [3.8, 4) is 0 Å². The first-order chi connectivity index (χ1) is 9.98. The average molecular weight is 307 g/mol. The molecule has 1 aliphatic heterocycles. The molecular formula is C14H13NO5S. The van der Waals surface area contributed by atoms with Gasteiger partial charge in [0.1, 0.15) is 0 Å². The number of rotatable bonds is 3. The Hall–Kier alpha value is -2.12. The van der Waals surface area contributed by atoms with Gasteiger partial charge in [0.25, 0.3) is 10.0 Å². The van der Waals surface area contributed by atoms with Crippen molar-refractivity contribution in [2.45, 2.75) is 18.1 Å². The molecule has 6 nitrogen and oxygen atoms in total. The number of nitrogens with zero attached hydrogens (tertiary/aromatic N) is 1. The van der Waals surface area contributed by atoms with Gasteiger partial charge in [-0.1, -0.05) is 24.3 Å². The van der Waals surface area contributed by atoms with Crippen LogP contribution in [0.3, 0.4) is 0 Å². The number of carboxylic acids is 1. The summed E-state index contributed by atoms with van der Waals surface area (Å²) in [6.07, 6.45) is 0.627. The maximum atomic E-state index is 12.5. The maximum absolute atomic E-state index is 12.5. The summed E-state index contributed by atoms with van der Waals surface area (Å²) < 4.78 is 31.2. The first-order valence-electron chi connectivity index (χ1n) is 6.38. The Balaban J connectivity index is 1.91. The van der Waals surface area contributed by atoms with Crippen molar-refractivity contribution in [1.82, 2.24) is 4.31 Å².